The van der Waals surface area contributed by atoms with Crippen molar-refractivity contribution >= 4 is 46.3 Å². The minimum absolute atomic E-state index is 0.203. The van der Waals surface area contributed by atoms with Gasteiger partial charge < -0.3 is 5.11 Å². The fraction of sp³-hybridized carbons (Fsp3) is 0.267. The zero-order chi connectivity index (χ0) is 16.4. The van der Waals surface area contributed by atoms with Crippen LogP contribution in [0.2, 0.25) is 0 Å². The van der Waals surface area contributed by atoms with Gasteiger partial charge in [-0.15, -0.1) is 0 Å². The molecule has 1 aromatic rings. The number of thioether (sulfide) groups is 1. The summed E-state index contributed by atoms with van der Waals surface area (Å²) < 4.78 is 13.4. The summed E-state index contributed by atoms with van der Waals surface area (Å²) in [4.78, 5) is 25.3. The lowest BCUT2D eigenvalue weighted by atomic mass is 10.0. The Kier molecular flexibility index (Phi) is 4.97. The second-order valence-electron chi connectivity index (χ2n) is 5.13. The Bertz CT molecular complexity index is 673. The molecule has 0 bridgehead atoms. The van der Waals surface area contributed by atoms with E-state index < -0.39 is 23.7 Å². The summed E-state index contributed by atoms with van der Waals surface area (Å²) in [6.07, 6.45) is 1.52. The molecule has 1 aliphatic rings. The van der Waals surface area contributed by atoms with Crippen molar-refractivity contribution < 1.29 is 19.1 Å². The van der Waals surface area contributed by atoms with Gasteiger partial charge in [0.15, 0.2) is 0 Å². The van der Waals surface area contributed by atoms with Gasteiger partial charge in [0.2, 0.25) is 0 Å². The topological polar surface area (TPSA) is 57.6 Å². The lowest BCUT2D eigenvalue weighted by Crippen LogP contribution is -2.47. The third kappa shape index (κ3) is 3.36. The van der Waals surface area contributed by atoms with Crippen LogP contribution in [0.3, 0.4) is 0 Å². The largest absolute Gasteiger partial charge is 0.480 e. The first-order valence-corrected chi connectivity index (χ1v) is 7.79. The molecule has 1 saturated heterocycles. The van der Waals surface area contributed by atoms with Crippen LogP contribution in [0, 0.1) is 11.7 Å². The van der Waals surface area contributed by atoms with Gasteiger partial charge in [0, 0.05) is 0 Å². The Labute approximate surface area is 137 Å². The Hall–Kier alpha value is -1.73. The first kappa shape index (κ1) is 16.6. The minimum Gasteiger partial charge on any atom is -0.480 e. The van der Waals surface area contributed by atoms with E-state index in [9.17, 15) is 19.1 Å². The van der Waals surface area contributed by atoms with Crippen LogP contribution in [0.1, 0.15) is 19.4 Å². The van der Waals surface area contributed by atoms with Gasteiger partial charge in [-0.05, 0) is 29.7 Å². The summed E-state index contributed by atoms with van der Waals surface area (Å²) in [6, 6.07) is 4.79. The molecule has 1 aromatic carbocycles. The van der Waals surface area contributed by atoms with Crippen LogP contribution in [0.5, 0.6) is 0 Å². The zero-order valence-electron chi connectivity index (χ0n) is 11.9. The van der Waals surface area contributed by atoms with Crippen molar-refractivity contribution in [1.82, 2.24) is 4.90 Å². The molecular weight excluding hydrogens is 325 g/mol. The van der Waals surface area contributed by atoms with Crippen molar-refractivity contribution in [1.29, 1.82) is 0 Å². The molecule has 1 atom stereocenters. The van der Waals surface area contributed by atoms with Crippen LogP contribution in [-0.4, -0.2) is 32.2 Å². The molecule has 0 aliphatic carbocycles. The molecule has 0 saturated carbocycles. The van der Waals surface area contributed by atoms with Crippen molar-refractivity contribution in [2.75, 3.05) is 0 Å². The Morgan fingerprint density at radius 3 is 2.68 bits per heavy atom. The van der Waals surface area contributed by atoms with Crippen LogP contribution >= 0.6 is 24.0 Å². The predicted octanol–water partition coefficient (Wildman–Crippen LogP) is 3.14. The molecule has 2 rings (SSSR count). The number of carbonyl (C=O) groups is 2. The number of hydrogen-bond acceptors (Lipinski definition) is 4. The van der Waals surface area contributed by atoms with Crippen LogP contribution in [0.25, 0.3) is 6.08 Å². The fourth-order valence-electron chi connectivity index (χ4n) is 2.16. The van der Waals surface area contributed by atoms with Crippen molar-refractivity contribution in [2.45, 2.75) is 19.9 Å². The maximum Gasteiger partial charge on any atom is 0.327 e. The van der Waals surface area contributed by atoms with Crippen molar-refractivity contribution in [3.8, 4) is 0 Å². The average molecular weight is 339 g/mol. The van der Waals surface area contributed by atoms with Gasteiger partial charge in [0.25, 0.3) is 5.91 Å². The second-order valence-corrected chi connectivity index (χ2v) is 6.81. The maximum absolute atomic E-state index is 13.2. The van der Waals surface area contributed by atoms with Gasteiger partial charge in [-0.25, -0.2) is 9.18 Å². The summed E-state index contributed by atoms with van der Waals surface area (Å²) >= 11 is 6.17. The molecule has 0 aromatic heterocycles. The molecule has 1 unspecified atom stereocenters. The summed E-state index contributed by atoms with van der Waals surface area (Å²) in [5, 5.41) is 9.32. The number of hydrogen-bond donors (Lipinski definition) is 1. The highest BCUT2D eigenvalue weighted by Crippen LogP contribution is 2.35. The van der Waals surface area contributed by atoms with E-state index >= 15 is 0 Å². The monoisotopic (exact) mass is 339 g/mol. The average Bonchev–Trinajstić information content (AvgIpc) is 2.66. The Balaban J connectivity index is 2.34. The van der Waals surface area contributed by atoms with E-state index in [1.807, 2.05) is 0 Å². The molecule has 1 heterocycles. The van der Waals surface area contributed by atoms with Crippen LogP contribution in [0.4, 0.5) is 4.39 Å². The number of benzene rings is 1. The fourth-order valence-corrected chi connectivity index (χ4v) is 3.49. The molecule has 0 radical (unpaired) electrons. The SMILES string of the molecule is CC(C)C(C(=O)O)N1C(=O)C(=Cc2cccc(F)c2)SC1=S. The Morgan fingerprint density at radius 2 is 2.14 bits per heavy atom. The molecule has 1 amide bonds. The van der Waals surface area contributed by atoms with E-state index in [0.29, 0.717) is 10.5 Å². The predicted molar refractivity (Wildman–Crippen MR) is 87.7 cm³/mol. The lowest BCUT2D eigenvalue weighted by molar-refractivity contribution is -0.146. The maximum atomic E-state index is 13.2. The van der Waals surface area contributed by atoms with Crippen molar-refractivity contribution in [3.63, 3.8) is 0 Å². The van der Waals surface area contributed by atoms with Crippen LogP contribution in [0.15, 0.2) is 29.2 Å². The summed E-state index contributed by atoms with van der Waals surface area (Å²) in [5.41, 5.74) is 0.525. The minimum atomic E-state index is -1.10. The number of aliphatic carboxylic acids is 1. The number of thiocarbonyl (C=S) groups is 1. The van der Waals surface area contributed by atoms with Gasteiger partial charge in [0.1, 0.15) is 16.2 Å². The number of nitrogens with zero attached hydrogens (tertiary/aromatic N) is 1. The molecule has 0 spiro atoms. The number of halogens is 1. The normalized spacial score (nSPS) is 18.4. The molecule has 1 N–H and O–H groups in total. The molecule has 4 nitrogen and oxygen atoms in total. The number of rotatable bonds is 4. The van der Waals surface area contributed by atoms with E-state index in [1.165, 1.54) is 24.3 Å². The standard InChI is InChI=1S/C15H14FNO3S2/c1-8(2)12(14(19)20)17-13(18)11(22-15(17)21)7-9-4-3-5-10(16)6-9/h3-8,12H,1-2H3,(H,19,20). The number of carbonyl (C=O) groups excluding carboxylic acids is 1. The summed E-state index contributed by atoms with van der Waals surface area (Å²) in [6.45, 7) is 3.43. The number of carboxylic acid groups (broad SMARTS) is 1. The van der Waals surface area contributed by atoms with Crippen molar-refractivity contribution in [2.24, 2.45) is 5.92 Å². The summed E-state index contributed by atoms with van der Waals surface area (Å²) in [7, 11) is 0. The highest BCUT2D eigenvalue weighted by atomic mass is 32.2. The number of amides is 1. The van der Waals surface area contributed by atoms with Gasteiger partial charge >= 0.3 is 5.97 Å². The lowest BCUT2D eigenvalue weighted by Gasteiger charge is -2.26. The van der Waals surface area contributed by atoms with Crippen LogP contribution in [-0.2, 0) is 9.59 Å². The smallest absolute Gasteiger partial charge is 0.327 e. The van der Waals surface area contributed by atoms with Crippen molar-refractivity contribution in [3.05, 3.63) is 40.6 Å². The number of carboxylic acids is 1. The molecule has 7 heteroatoms. The highest BCUT2D eigenvalue weighted by molar-refractivity contribution is 8.26. The zero-order valence-corrected chi connectivity index (χ0v) is 13.6. The van der Waals surface area contributed by atoms with E-state index in [-0.39, 0.29) is 10.2 Å². The Morgan fingerprint density at radius 1 is 1.45 bits per heavy atom. The van der Waals surface area contributed by atoms with Gasteiger partial charge in [-0.1, -0.05) is 50.0 Å². The molecular formula is C15H14FNO3S2. The summed E-state index contributed by atoms with van der Waals surface area (Å²) in [5.74, 6) is -2.25. The third-order valence-electron chi connectivity index (χ3n) is 3.13. The first-order valence-electron chi connectivity index (χ1n) is 6.56. The van der Waals surface area contributed by atoms with E-state index in [2.05, 4.69) is 0 Å². The van der Waals surface area contributed by atoms with Gasteiger partial charge in [0.05, 0.1) is 4.91 Å². The first-order chi connectivity index (χ1) is 10.3. The second kappa shape index (κ2) is 6.58. The van der Waals surface area contributed by atoms with Gasteiger partial charge in [-0.3, -0.25) is 9.69 Å². The quantitative estimate of drug-likeness (QED) is 0.675. The molecule has 1 fully saturated rings. The molecule has 1 aliphatic heterocycles. The third-order valence-corrected chi connectivity index (χ3v) is 4.46. The van der Waals surface area contributed by atoms with Gasteiger partial charge in [-0.2, -0.15) is 0 Å². The van der Waals surface area contributed by atoms with Crippen LogP contribution < -0.4 is 0 Å². The van der Waals surface area contributed by atoms with E-state index in [4.69, 9.17) is 12.2 Å². The van der Waals surface area contributed by atoms with E-state index in [1.54, 1.807) is 19.9 Å². The molecule has 116 valence electrons. The highest BCUT2D eigenvalue weighted by Gasteiger charge is 2.41. The molecule has 22 heavy (non-hydrogen) atoms. The van der Waals surface area contributed by atoms with E-state index in [0.717, 1.165) is 16.7 Å².